The van der Waals surface area contributed by atoms with E-state index in [-0.39, 0.29) is 12.4 Å². The number of nitrogens with two attached hydrogens (primary N) is 1. The van der Waals surface area contributed by atoms with Gasteiger partial charge in [-0.1, -0.05) is 19.9 Å². The maximum atomic E-state index is 11.9. The van der Waals surface area contributed by atoms with E-state index in [0.29, 0.717) is 12.3 Å². The van der Waals surface area contributed by atoms with Crippen molar-refractivity contribution in [2.45, 2.75) is 72.8 Å². The van der Waals surface area contributed by atoms with Crippen molar-refractivity contribution in [3.8, 4) is 0 Å². The molecule has 1 aromatic rings. The average Bonchev–Trinajstić information content (AvgIpc) is 2.38. The predicted molar refractivity (Wildman–Crippen MR) is 95.8 cm³/mol. The highest BCUT2D eigenvalue weighted by Crippen LogP contribution is 2.24. The first-order valence-electron chi connectivity index (χ1n) is 8.15. The third-order valence-corrected chi connectivity index (χ3v) is 3.69. The van der Waals surface area contributed by atoms with E-state index in [0.717, 1.165) is 16.8 Å². The van der Waals surface area contributed by atoms with Crippen LogP contribution in [-0.2, 0) is 9.53 Å². The first-order valence-corrected chi connectivity index (χ1v) is 8.15. The summed E-state index contributed by atoms with van der Waals surface area (Å²) < 4.78 is 5.35. The quantitative estimate of drug-likeness (QED) is 0.383. The molecular formula is C19H30N2O2. The van der Waals surface area contributed by atoms with E-state index in [1.807, 2.05) is 27.7 Å². The van der Waals surface area contributed by atoms with Crippen LogP contribution >= 0.6 is 0 Å². The standard InChI is InChI=1S/C19H30N2O2/c1-12(2)15-11-16(14(4)10-13(15)3)17(21-20)8-9-18(22)23-19(5,6)7/h10-12H,8-9,20H2,1-7H3/b21-17+. The molecule has 0 atom stereocenters. The van der Waals surface area contributed by atoms with Crippen LogP contribution in [0.3, 0.4) is 0 Å². The Balaban J connectivity index is 2.95. The number of carbonyl (C=O) groups excluding carboxylic acids is 1. The summed E-state index contributed by atoms with van der Waals surface area (Å²) in [6.07, 6.45) is 0.754. The Hall–Kier alpha value is -1.84. The van der Waals surface area contributed by atoms with Gasteiger partial charge in [-0.15, -0.1) is 0 Å². The van der Waals surface area contributed by atoms with Gasteiger partial charge in [0.15, 0.2) is 0 Å². The van der Waals surface area contributed by atoms with Crippen molar-refractivity contribution in [3.63, 3.8) is 0 Å². The van der Waals surface area contributed by atoms with Crippen LogP contribution in [0.25, 0.3) is 0 Å². The lowest BCUT2D eigenvalue weighted by Crippen LogP contribution is -2.24. The van der Waals surface area contributed by atoms with Crippen LogP contribution in [0.2, 0.25) is 0 Å². The van der Waals surface area contributed by atoms with E-state index >= 15 is 0 Å². The summed E-state index contributed by atoms with van der Waals surface area (Å²) in [7, 11) is 0. The van der Waals surface area contributed by atoms with Crippen LogP contribution in [0, 0.1) is 13.8 Å². The van der Waals surface area contributed by atoms with Gasteiger partial charge in [0.2, 0.25) is 0 Å². The zero-order valence-electron chi connectivity index (χ0n) is 15.5. The van der Waals surface area contributed by atoms with Crippen molar-refractivity contribution in [2.24, 2.45) is 10.9 Å². The summed E-state index contributed by atoms with van der Waals surface area (Å²) >= 11 is 0. The Morgan fingerprint density at radius 2 is 1.78 bits per heavy atom. The van der Waals surface area contributed by atoms with Crippen molar-refractivity contribution >= 4 is 11.7 Å². The van der Waals surface area contributed by atoms with Crippen LogP contribution in [0.5, 0.6) is 0 Å². The maximum absolute atomic E-state index is 11.9. The molecule has 0 fully saturated rings. The fraction of sp³-hybridized carbons (Fsp3) is 0.579. The molecule has 1 aromatic carbocycles. The summed E-state index contributed by atoms with van der Waals surface area (Å²) in [6.45, 7) is 14.1. The first-order chi connectivity index (χ1) is 10.5. The summed E-state index contributed by atoms with van der Waals surface area (Å²) in [5.41, 5.74) is 4.97. The lowest BCUT2D eigenvalue weighted by atomic mass is 9.90. The number of esters is 1. The second-order valence-electron chi connectivity index (χ2n) is 7.34. The average molecular weight is 318 g/mol. The summed E-state index contributed by atoms with van der Waals surface area (Å²) in [6, 6.07) is 4.31. The minimum Gasteiger partial charge on any atom is -0.460 e. The Kier molecular flexibility index (Phi) is 6.37. The van der Waals surface area contributed by atoms with E-state index in [4.69, 9.17) is 10.6 Å². The third-order valence-electron chi connectivity index (χ3n) is 3.69. The lowest BCUT2D eigenvalue weighted by molar-refractivity contribution is -0.154. The number of hydrazone groups is 1. The zero-order chi connectivity index (χ0) is 17.8. The largest absolute Gasteiger partial charge is 0.460 e. The molecule has 0 saturated heterocycles. The molecule has 0 saturated carbocycles. The molecule has 0 radical (unpaired) electrons. The molecule has 2 N–H and O–H groups in total. The molecule has 4 nitrogen and oxygen atoms in total. The van der Waals surface area contributed by atoms with Crippen molar-refractivity contribution in [1.82, 2.24) is 0 Å². The summed E-state index contributed by atoms with van der Waals surface area (Å²) in [5.74, 6) is 5.79. The van der Waals surface area contributed by atoms with Crippen molar-refractivity contribution in [2.75, 3.05) is 0 Å². The molecule has 0 spiro atoms. The number of carbonyl (C=O) groups is 1. The minimum absolute atomic E-state index is 0.229. The maximum Gasteiger partial charge on any atom is 0.306 e. The second-order valence-corrected chi connectivity index (χ2v) is 7.34. The number of aryl methyl sites for hydroxylation is 2. The first kappa shape index (κ1) is 19.2. The molecule has 0 unspecified atom stereocenters. The van der Waals surface area contributed by atoms with Gasteiger partial charge in [-0.05, 0) is 63.3 Å². The molecule has 4 heteroatoms. The van der Waals surface area contributed by atoms with Gasteiger partial charge in [0, 0.05) is 12.0 Å². The number of nitrogens with zero attached hydrogens (tertiary/aromatic N) is 1. The van der Waals surface area contributed by atoms with Gasteiger partial charge >= 0.3 is 5.97 Å². The van der Waals surface area contributed by atoms with Gasteiger partial charge in [0.05, 0.1) is 12.1 Å². The van der Waals surface area contributed by atoms with Crippen molar-refractivity contribution < 1.29 is 9.53 Å². The highest BCUT2D eigenvalue weighted by molar-refractivity contribution is 6.03. The zero-order valence-corrected chi connectivity index (χ0v) is 15.5. The molecule has 128 valence electrons. The van der Waals surface area contributed by atoms with Crippen LogP contribution in [-0.4, -0.2) is 17.3 Å². The Bertz CT molecular complexity index is 596. The van der Waals surface area contributed by atoms with E-state index in [2.05, 4.69) is 38.0 Å². The Morgan fingerprint density at radius 3 is 2.26 bits per heavy atom. The van der Waals surface area contributed by atoms with E-state index in [9.17, 15) is 4.79 Å². The molecule has 0 bridgehead atoms. The molecular weight excluding hydrogens is 288 g/mol. The van der Waals surface area contributed by atoms with Gasteiger partial charge in [-0.2, -0.15) is 5.10 Å². The second kappa shape index (κ2) is 7.62. The molecule has 0 aromatic heterocycles. The van der Waals surface area contributed by atoms with Crippen LogP contribution < -0.4 is 5.84 Å². The van der Waals surface area contributed by atoms with Gasteiger partial charge in [0.25, 0.3) is 0 Å². The predicted octanol–water partition coefficient (Wildman–Crippen LogP) is 4.21. The lowest BCUT2D eigenvalue weighted by Gasteiger charge is -2.20. The van der Waals surface area contributed by atoms with Gasteiger partial charge in [-0.25, -0.2) is 0 Å². The van der Waals surface area contributed by atoms with Crippen molar-refractivity contribution in [1.29, 1.82) is 0 Å². The summed E-state index contributed by atoms with van der Waals surface area (Å²) in [5, 5.41) is 3.93. The number of rotatable bonds is 5. The molecule has 0 amide bonds. The topological polar surface area (TPSA) is 64.7 Å². The fourth-order valence-corrected chi connectivity index (χ4v) is 2.68. The van der Waals surface area contributed by atoms with E-state index < -0.39 is 5.60 Å². The SMILES string of the molecule is Cc1cc(C)c(C(C)C)cc1/C(CCC(=O)OC(C)(C)C)=N/N. The molecule has 0 aliphatic heterocycles. The summed E-state index contributed by atoms with van der Waals surface area (Å²) in [4.78, 5) is 11.9. The molecule has 0 aliphatic carbocycles. The third kappa shape index (κ3) is 5.70. The van der Waals surface area contributed by atoms with Crippen LogP contribution in [0.1, 0.15) is 75.6 Å². The number of benzene rings is 1. The van der Waals surface area contributed by atoms with Gasteiger partial charge < -0.3 is 10.6 Å². The monoisotopic (exact) mass is 318 g/mol. The highest BCUT2D eigenvalue weighted by atomic mass is 16.6. The molecule has 0 aliphatic rings. The molecule has 1 rings (SSSR count). The molecule has 23 heavy (non-hydrogen) atoms. The fourth-order valence-electron chi connectivity index (χ4n) is 2.68. The Labute approximate surface area is 140 Å². The highest BCUT2D eigenvalue weighted by Gasteiger charge is 2.18. The van der Waals surface area contributed by atoms with Crippen LogP contribution in [0.15, 0.2) is 17.2 Å². The number of hydrogen-bond acceptors (Lipinski definition) is 4. The smallest absolute Gasteiger partial charge is 0.306 e. The van der Waals surface area contributed by atoms with E-state index in [1.165, 1.54) is 11.1 Å². The van der Waals surface area contributed by atoms with E-state index in [1.54, 1.807) is 0 Å². The number of hydrogen-bond donors (Lipinski definition) is 1. The number of ether oxygens (including phenoxy) is 1. The minimum atomic E-state index is -0.471. The Morgan fingerprint density at radius 1 is 1.17 bits per heavy atom. The van der Waals surface area contributed by atoms with Crippen LogP contribution in [0.4, 0.5) is 0 Å². The van der Waals surface area contributed by atoms with Gasteiger partial charge in [0.1, 0.15) is 5.60 Å². The van der Waals surface area contributed by atoms with Crippen molar-refractivity contribution in [3.05, 3.63) is 34.4 Å². The normalized spacial score (nSPS) is 12.6. The molecule has 0 heterocycles. The van der Waals surface area contributed by atoms with Gasteiger partial charge in [-0.3, -0.25) is 4.79 Å².